The molecule has 0 saturated heterocycles. The minimum absolute atomic E-state index is 0.00509. The highest BCUT2D eigenvalue weighted by atomic mass is 32.5. The van der Waals surface area contributed by atoms with E-state index in [1.807, 2.05) is 0 Å². The van der Waals surface area contributed by atoms with Gasteiger partial charge in [-0.05, 0) is 30.5 Å². The van der Waals surface area contributed by atoms with Crippen molar-refractivity contribution in [1.29, 1.82) is 0 Å². The van der Waals surface area contributed by atoms with Crippen molar-refractivity contribution in [1.82, 2.24) is 19.6 Å². The number of anilines is 1. The molecule has 7 nitrogen and oxygen atoms in total. The molecule has 1 fully saturated rings. The number of benzene rings is 1. The monoisotopic (exact) mass is 449 g/mol. The van der Waals surface area contributed by atoms with Gasteiger partial charge in [0, 0.05) is 12.0 Å². The zero-order chi connectivity index (χ0) is 21.8. The number of halogens is 5. The minimum Gasteiger partial charge on any atom is -0.467 e. The van der Waals surface area contributed by atoms with E-state index in [4.69, 9.17) is 4.74 Å². The molecule has 1 unspecified atom stereocenters. The van der Waals surface area contributed by atoms with Crippen molar-refractivity contribution in [2.45, 2.75) is 29.7 Å². The van der Waals surface area contributed by atoms with Crippen LogP contribution in [0.15, 0.2) is 41.6 Å². The van der Waals surface area contributed by atoms with Crippen LogP contribution < -0.4 is 5.32 Å². The van der Waals surface area contributed by atoms with E-state index in [1.165, 1.54) is 10.8 Å². The van der Waals surface area contributed by atoms with Gasteiger partial charge in [0.05, 0.1) is 12.8 Å². The fourth-order valence-electron chi connectivity index (χ4n) is 2.98. The average molecular weight is 449 g/mol. The first-order valence-electron chi connectivity index (χ1n) is 8.75. The number of methoxy groups -OCH3 is 1. The molecule has 162 valence electrons. The van der Waals surface area contributed by atoms with Gasteiger partial charge in [0.15, 0.2) is 6.04 Å². The van der Waals surface area contributed by atoms with Gasteiger partial charge in [-0.2, -0.15) is 14.6 Å². The van der Waals surface area contributed by atoms with Crippen molar-refractivity contribution in [3.8, 4) is 0 Å². The topological polar surface area (TPSA) is 81.4 Å². The Kier molecular flexibility index (Phi) is 4.08. The summed E-state index contributed by atoms with van der Waals surface area (Å²) in [5, 5.41) is 6.88. The lowest BCUT2D eigenvalue weighted by Crippen LogP contribution is -2.24. The normalized spacial score (nSPS) is 17.8. The summed E-state index contributed by atoms with van der Waals surface area (Å²) in [6.07, 6.45) is 3.17. The standard InChI is InChI=1S/C17H16F5N5O2S/c1-29-16(28)15(11-4-6-12(7-5-11)30(18,19,20,21)22)26-14-8-13(10-2-3-10)25-17-23-9-24-27(14)17/h4-10,15,26H,2-3H2,1H3. The minimum atomic E-state index is -9.82. The van der Waals surface area contributed by atoms with Crippen LogP contribution in [0.25, 0.3) is 5.78 Å². The van der Waals surface area contributed by atoms with Crippen LogP contribution in [0.3, 0.4) is 0 Å². The number of fused-ring (bicyclic) bond motifs is 1. The highest BCUT2D eigenvalue weighted by molar-refractivity contribution is 8.45. The Balaban J connectivity index is 1.72. The van der Waals surface area contributed by atoms with Crippen LogP contribution in [0.2, 0.25) is 0 Å². The van der Waals surface area contributed by atoms with Crippen LogP contribution >= 0.6 is 10.2 Å². The van der Waals surface area contributed by atoms with Crippen LogP contribution in [0, 0.1) is 0 Å². The van der Waals surface area contributed by atoms with Crippen LogP contribution in [0.1, 0.15) is 36.1 Å². The number of carbonyl (C=O) groups excluding carboxylic acids is 1. The molecule has 1 N–H and O–H groups in total. The predicted octanol–water partition coefficient (Wildman–Crippen LogP) is 4.99. The molecule has 1 aromatic carbocycles. The average Bonchev–Trinajstić information content (AvgIpc) is 3.41. The molecule has 0 amide bonds. The highest BCUT2D eigenvalue weighted by Gasteiger charge is 2.65. The second-order valence-electron chi connectivity index (χ2n) is 6.95. The molecule has 0 spiro atoms. The Morgan fingerprint density at radius 2 is 1.87 bits per heavy atom. The van der Waals surface area contributed by atoms with Crippen molar-refractivity contribution >= 4 is 27.8 Å². The van der Waals surface area contributed by atoms with Crippen molar-refractivity contribution in [2.24, 2.45) is 0 Å². The fraction of sp³-hybridized carbons (Fsp3) is 0.294. The number of ether oxygens (including phenoxy) is 1. The van der Waals surface area contributed by atoms with E-state index < -0.39 is 27.1 Å². The first-order valence-corrected chi connectivity index (χ1v) is 10.7. The van der Waals surface area contributed by atoms with Gasteiger partial charge >= 0.3 is 16.2 Å². The number of nitrogens with zero attached hydrogens (tertiary/aromatic N) is 4. The summed E-state index contributed by atoms with van der Waals surface area (Å²) in [5.74, 6) is 0.0158. The molecule has 0 aliphatic heterocycles. The van der Waals surface area contributed by atoms with Crippen LogP contribution in [0.5, 0.6) is 0 Å². The van der Waals surface area contributed by atoms with E-state index in [-0.39, 0.29) is 29.4 Å². The molecule has 4 rings (SSSR count). The summed E-state index contributed by atoms with van der Waals surface area (Å²) in [4.78, 5) is 18.7. The Morgan fingerprint density at radius 1 is 1.20 bits per heavy atom. The Morgan fingerprint density at radius 3 is 2.43 bits per heavy atom. The van der Waals surface area contributed by atoms with Crippen molar-refractivity contribution in [2.75, 3.05) is 12.4 Å². The molecule has 1 atom stereocenters. The summed E-state index contributed by atoms with van der Waals surface area (Å²) >= 11 is 0. The SMILES string of the molecule is COC(=O)C(Nc1cc(C2CC2)nc2ncnn12)c1ccc(S(F)(F)(F)(F)F)cc1. The third-order valence-corrected chi connectivity index (χ3v) is 5.82. The number of hydrogen-bond donors (Lipinski definition) is 1. The van der Waals surface area contributed by atoms with E-state index >= 15 is 0 Å². The van der Waals surface area contributed by atoms with Gasteiger partial charge in [0.1, 0.15) is 17.0 Å². The van der Waals surface area contributed by atoms with E-state index in [2.05, 4.69) is 20.4 Å². The Hall–Kier alpha value is -2.96. The lowest BCUT2D eigenvalue weighted by Gasteiger charge is -2.40. The van der Waals surface area contributed by atoms with Gasteiger partial charge in [0.25, 0.3) is 5.78 Å². The summed E-state index contributed by atoms with van der Waals surface area (Å²) < 4.78 is 71.0. The zero-order valence-electron chi connectivity index (χ0n) is 15.4. The second-order valence-corrected chi connectivity index (χ2v) is 9.36. The number of hydrogen-bond acceptors (Lipinski definition) is 6. The lowest BCUT2D eigenvalue weighted by molar-refractivity contribution is -0.141. The lowest BCUT2D eigenvalue weighted by atomic mass is 10.1. The molecule has 1 aliphatic rings. The van der Waals surface area contributed by atoms with Gasteiger partial charge in [0.2, 0.25) is 0 Å². The third kappa shape index (κ3) is 4.01. The third-order valence-electron chi connectivity index (χ3n) is 4.66. The molecule has 2 aromatic heterocycles. The Bertz CT molecular complexity index is 1130. The zero-order valence-corrected chi connectivity index (χ0v) is 16.3. The first kappa shape index (κ1) is 20.3. The number of nitrogens with one attached hydrogen (secondary N) is 1. The van der Waals surface area contributed by atoms with Crippen LogP contribution in [-0.2, 0) is 9.53 Å². The molecule has 1 saturated carbocycles. The smallest absolute Gasteiger partial charge is 0.333 e. The molecule has 1 aliphatic carbocycles. The molecule has 13 heteroatoms. The van der Waals surface area contributed by atoms with E-state index in [0.29, 0.717) is 5.82 Å². The largest absolute Gasteiger partial charge is 0.467 e. The van der Waals surface area contributed by atoms with Crippen molar-refractivity contribution in [3.63, 3.8) is 0 Å². The van der Waals surface area contributed by atoms with E-state index in [0.717, 1.165) is 37.8 Å². The summed E-state index contributed by atoms with van der Waals surface area (Å²) in [6.45, 7) is 0. The van der Waals surface area contributed by atoms with Gasteiger partial charge in [-0.1, -0.05) is 31.6 Å². The first-order chi connectivity index (χ1) is 13.9. The molecule has 2 heterocycles. The number of esters is 1. The van der Waals surface area contributed by atoms with E-state index in [1.54, 1.807) is 6.07 Å². The van der Waals surface area contributed by atoms with Gasteiger partial charge < -0.3 is 10.1 Å². The molecular weight excluding hydrogens is 433 g/mol. The van der Waals surface area contributed by atoms with Gasteiger partial charge in [-0.15, -0.1) is 0 Å². The molecule has 30 heavy (non-hydrogen) atoms. The number of rotatable bonds is 6. The Labute approximate surface area is 167 Å². The summed E-state index contributed by atoms with van der Waals surface area (Å²) in [6, 6.07) is 2.51. The number of carbonyl (C=O) groups is 1. The maximum absolute atomic E-state index is 13.0. The maximum atomic E-state index is 13.0. The van der Waals surface area contributed by atoms with Crippen LogP contribution in [-0.4, -0.2) is 32.7 Å². The van der Waals surface area contributed by atoms with E-state index in [9.17, 15) is 24.2 Å². The van der Waals surface area contributed by atoms with Crippen LogP contribution in [0.4, 0.5) is 25.2 Å². The molecular formula is C17H16F5N5O2S. The quantitative estimate of drug-likeness (QED) is 0.422. The highest BCUT2D eigenvalue weighted by Crippen LogP contribution is 3.02. The number of aromatic nitrogens is 4. The molecule has 3 aromatic rings. The summed E-state index contributed by atoms with van der Waals surface area (Å²) in [7, 11) is -8.72. The van der Waals surface area contributed by atoms with Crippen molar-refractivity contribution < 1.29 is 29.0 Å². The second kappa shape index (κ2) is 6.03. The molecule has 0 radical (unpaired) electrons. The predicted molar refractivity (Wildman–Crippen MR) is 99.0 cm³/mol. The fourth-order valence-corrected chi connectivity index (χ4v) is 3.63. The van der Waals surface area contributed by atoms with Crippen molar-refractivity contribution in [3.05, 3.63) is 47.9 Å². The summed E-state index contributed by atoms with van der Waals surface area (Å²) in [5.41, 5.74) is 0.739. The van der Waals surface area contributed by atoms with Gasteiger partial charge in [-0.25, -0.2) is 9.78 Å². The molecule has 0 bridgehead atoms. The van der Waals surface area contributed by atoms with Gasteiger partial charge in [-0.3, -0.25) is 0 Å². The maximum Gasteiger partial charge on any atom is 0.333 e.